The van der Waals surface area contributed by atoms with E-state index in [4.69, 9.17) is 9.15 Å². The molecule has 2 aromatic heterocycles. The number of hydrogen-bond donors (Lipinski definition) is 1. The number of halogens is 3. The van der Waals surface area contributed by atoms with Gasteiger partial charge >= 0.3 is 6.18 Å². The van der Waals surface area contributed by atoms with Crippen molar-refractivity contribution in [3.8, 4) is 0 Å². The summed E-state index contributed by atoms with van der Waals surface area (Å²) in [4.78, 5) is 9.06. The summed E-state index contributed by atoms with van der Waals surface area (Å²) in [6, 6.07) is 4.49. The number of furan rings is 1. The van der Waals surface area contributed by atoms with Crippen LogP contribution in [0.5, 0.6) is 0 Å². The Balaban J connectivity index is 1.83. The highest BCUT2D eigenvalue weighted by molar-refractivity contribution is 5.44. The molecule has 0 fully saturated rings. The maximum absolute atomic E-state index is 12.9. The first-order chi connectivity index (χ1) is 11.4. The summed E-state index contributed by atoms with van der Waals surface area (Å²) in [6.07, 6.45) is -2.36. The summed E-state index contributed by atoms with van der Waals surface area (Å²) < 4.78 is 49.1. The van der Waals surface area contributed by atoms with Gasteiger partial charge in [-0.25, -0.2) is 4.98 Å². The molecule has 0 saturated carbocycles. The number of nitrogens with zero attached hydrogens (tertiary/aromatic N) is 3. The van der Waals surface area contributed by atoms with Crippen molar-refractivity contribution < 1.29 is 22.3 Å². The molecule has 0 saturated heterocycles. The zero-order chi connectivity index (χ0) is 17.6. The second kappa shape index (κ2) is 8.00. The van der Waals surface area contributed by atoms with Gasteiger partial charge in [-0.2, -0.15) is 18.2 Å². The number of nitrogens with one attached hydrogen (secondary N) is 1. The number of anilines is 2. The molecule has 0 radical (unpaired) electrons. The summed E-state index contributed by atoms with van der Waals surface area (Å²) in [5, 5.41) is 2.79. The lowest BCUT2D eigenvalue weighted by atomic mass is 10.3. The Morgan fingerprint density at radius 1 is 1.29 bits per heavy atom. The van der Waals surface area contributed by atoms with E-state index in [0.717, 1.165) is 11.8 Å². The fraction of sp³-hybridized carbons (Fsp3) is 0.467. The minimum atomic E-state index is -4.52. The highest BCUT2D eigenvalue weighted by atomic mass is 19.4. The first kappa shape index (κ1) is 18.1. The molecule has 0 aliphatic rings. The molecule has 2 rings (SSSR count). The highest BCUT2D eigenvalue weighted by Crippen LogP contribution is 2.30. The van der Waals surface area contributed by atoms with Crippen molar-refractivity contribution in [2.45, 2.75) is 19.2 Å². The van der Waals surface area contributed by atoms with Crippen LogP contribution in [0.15, 0.2) is 28.9 Å². The van der Waals surface area contributed by atoms with Crippen molar-refractivity contribution in [1.29, 1.82) is 0 Å². The van der Waals surface area contributed by atoms with Gasteiger partial charge in [-0.05, 0) is 18.6 Å². The van der Waals surface area contributed by atoms with Crippen molar-refractivity contribution in [1.82, 2.24) is 9.97 Å². The van der Waals surface area contributed by atoms with Crippen molar-refractivity contribution in [2.24, 2.45) is 0 Å². The van der Waals surface area contributed by atoms with E-state index in [1.165, 1.54) is 4.90 Å². The molecule has 0 spiro atoms. The van der Waals surface area contributed by atoms with E-state index < -0.39 is 11.9 Å². The lowest BCUT2D eigenvalue weighted by Gasteiger charge is -2.15. The van der Waals surface area contributed by atoms with Gasteiger partial charge in [0.1, 0.15) is 18.2 Å². The van der Waals surface area contributed by atoms with Gasteiger partial charge in [-0.15, -0.1) is 0 Å². The second-order valence-electron chi connectivity index (χ2n) is 5.24. The maximum Gasteiger partial charge on any atom is 0.433 e. The molecule has 0 aliphatic carbocycles. The van der Waals surface area contributed by atoms with Crippen molar-refractivity contribution in [3.05, 3.63) is 35.9 Å². The van der Waals surface area contributed by atoms with Crippen LogP contribution in [0, 0.1) is 0 Å². The predicted octanol–water partition coefficient (Wildman–Crippen LogP) is 3.17. The first-order valence-corrected chi connectivity index (χ1v) is 7.34. The van der Waals surface area contributed by atoms with E-state index in [1.807, 2.05) is 0 Å². The molecule has 6 nitrogen and oxygen atoms in total. The van der Waals surface area contributed by atoms with Crippen LogP contribution in [0.4, 0.5) is 24.9 Å². The Hall–Kier alpha value is -2.29. The molecule has 1 N–H and O–H groups in total. The van der Waals surface area contributed by atoms with E-state index in [-0.39, 0.29) is 11.8 Å². The highest BCUT2D eigenvalue weighted by Gasteiger charge is 2.33. The third-order valence-corrected chi connectivity index (χ3v) is 3.03. The van der Waals surface area contributed by atoms with Gasteiger partial charge in [0.05, 0.1) is 6.26 Å². The largest absolute Gasteiger partial charge is 0.467 e. The van der Waals surface area contributed by atoms with Gasteiger partial charge < -0.3 is 19.4 Å². The van der Waals surface area contributed by atoms with E-state index >= 15 is 0 Å². The van der Waals surface area contributed by atoms with Crippen LogP contribution in [0.1, 0.15) is 17.9 Å². The smallest absolute Gasteiger partial charge is 0.433 e. The van der Waals surface area contributed by atoms with Crippen LogP contribution in [0.3, 0.4) is 0 Å². The monoisotopic (exact) mass is 344 g/mol. The van der Waals surface area contributed by atoms with Gasteiger partial charge in [-0.3, -0.25) is 0 Å². The standard InChI is InChI=1S/C15H19F3N4O2/c1-22(2)13-9-12(15(16,17)18)20-14(21-13)19-6-4-7-23-10-11-5-3-8-24-11/h3,5,8-9H,4,6-7,10H2,1-2H3,(H,19,20,21). The van der Waals surface area contributed by atoms with Crippen LogP contribution in [-0.2, 0) is 17.5 Å². The number of aromatic nitrogens is 2. The summed E-state index contributed by atoms with van der Waals surface area (Å²) in [5.74, 6) is 0.855. The van der Waals surface area contributed by atoms with Gasteiger partial charge in [-0.1, -0.05) is 0 Å². The van der Waals surface area contributed by atoms with E-state index in [0.29, 0.717) is 26.2 Å². The molecular formula is C15H19F3N4O2. The Morgan fingerprint density at radius 2 is 2.08 bits per heavy atom. The average molecular weight is 344 g/mol. The Bertz CT molecular complexity index is 630. The molecule has 0 bridgehead atoms. The fourth-order valence-electron chi connectivity index (χ4n) is 1.83. The summed E-state index contributed by atoms with van der Waals surface area (Å²) >= 11 is 0. The number of ether oxygens (including phenoxy) is 1. The zero-order valence-corrected chi connectivity index (χ0v) is 13.4. The summed E-state index contributed by atoms with van der Waals surface area (Å²) in [6.45, 7) is 1.19. The number of alkyl halides is 3. The first-order valence-electron chi connectivity index (χ1n) is 7.34. The van der Waals surface area contributed by atoms with E-state index in [2.05, 4.69) is 15.3 Å². The van der Waals surface area contributed by atoms with Crippen LogP contribution in [0.2, 0.25) is 0 Å². The lowest BCUT2D eigenvalue weighted by molar-refractivity contribution is -0.141. The summed E-state index contributed by atoms with van der Waals surface area (Å²) in [7, 11) is 3.24. The van der Waals surface area contributed by atoms with Gasteiger partial charge in [0, 0.05) is 33.3 Å². The third-order valence-electron chi connectivity index (χ3n) is 3.03. The second-order valence-corrected chi connectivity index (χ2v) is 5.24. The molecule has 0 amide bonds. The van der Waals surface area contributed by atoms with Gasteiger partial charge in [0.25, 0.3) is 0 Å². The zero-order valence-electron chi connectivity index (χ0n) is 13.4. The van der Waals surface area contributed by atoms with Crippen molar-refractivity contribution in [2.75, 3.05) is 37.5 Å². The molecule has 0 aromatic carbocycles. The molecule has 9 heteroatoms. The molecule has 2 aromatic rings. The Labute approximate surface area is 137 Å². The molecule has 0 aliphatic heterocycles. The van der Waals surface area contributed by atoms with Crippen LogP contribution in [0.25, 0.3) is 0 Å². The predicted molar refractivity (Wildman–Crippen MR) is 82.8 cm³/mol. The molecule has 132 valence electrons. The number of rotatable bonds is 8. The Kier molecular flexibility index (Phi) is 6.02. The summed E-state index contributed by atoms with van der Waals surface area (Å²) in [5.41, 5.74) is -0.974. The molecular weight excluding hydrogens is 325 g/mol. The van der Waals surface area contributed by atoms with Crippen LogP contribution < -0.4 is 10.2 Å². The average Bonchev–Trinajstić information content (AvgIpc) is 3.03. The van der Waals surface area contributed by atoms with Crippen LogP contribution in [-0.4, -0.2) is 37.2 Å². The quantitative estimate of drug-likeness (QED) is 0.742. The van der Waals surface area contributed by atoms with Gasteiger partial charge in [0.2, 0.25) is 5.95 Å². The molecule has 24 heavy (non-hydrogen) atoms. The molecule has 2 heterocycles. The molecule has 0 atom stereocenters. The normalized spacial score (nSPS) is 11.5. The maximum atomic E-state index is 12.9. The van der Waals surface area contributed by atoms with Crippen LogP contribution >= 0.6 is 0 Å². The minimum absolute atomic E-state index is 0.0560. The SMILES string of the molecule is CN(C)c1cc(C(F)(F)F)nc(NCCCOCc2ccco2)n1. The van der Waals surface area contributed by atoms with Crippen molar-refractivity contribution >= 4 is 11.8 Å². The van der Waals surface area contributed by atoms with Gasteiger partial charge in [0.15, 0.2) is 5.69 Å². The lowest BCUT2D eigenvalue weighted by Crippen LogP contribution is -2.18. The topological polar surface area (TPSA) is 63.4 Å². The van der Waals surface area contributed by atoms with Crippen molar-refractivity contribution in [3.63, 3.8) is 0 Å². The third kappa shape index (κ3) is 5.41. The Morgan fingerprint density at radius 3 is 2.71 bits per heavy atom. The molecule has 0 unspecified atom stereocenters. The number of hydrogen-bond acceptors (Lipinski definition) is 6. The van der Waals surface area contributed by atoms with E-state index in [1.54, 1.807) is 32.5 Å². The minimum Gasteiger partial charge on any atom is -0.467 e. The fourth-order valence-corrected chi connectivity index (χ4v) is 1.83. The van der Waals surface area contributed by atoms with E-state index in [9.17, 15) is 13.2 Å².